The van der Waals surface area contributed by atoms with E-state index in [1.165, 1.54) is 29.2 Å². The highest BCUT2D eigenvalue weighted by molar-refractivity contribution is 5.59. The third kappa shape index (κ3) is 2.60. The Kier molecular flexibility index (Phi) is 3.46. The Bertz CT molecular complexity index is 886. The van der Waals surface area contributed by atoms with Crippen LogP contribution >= 0.6 is 0 Å². The van der Waals surface area contributed by atoms with Crippen molar-refractivity contribution < 1.29 is 14.0 Å². The molecule has 0 fully saturated rings. The zero-order valence-corrected chi connectivity index (χ0v) is 11.7. The van der Waals surface area contributed by atoms with Crippen LogP contribution < -0.4 is 5.56 Å². The number of aromatic nitrogens is 3. The first kappa shape index (κ1) is 14.0. The van der Waals surface area contributed by atoms with E-state index in [0.29, 0.717) is 22.6 Å². The first-order valence-electron chi connectivity index (χ1n) is 6.50. The molecule has 1 N–H and O–H groups in total. The fourth-order valence-corrected chi connectivity index (χ4v) is 2.04. The van der Waals surface area contributed by atoms with Crippen molar-refractivity contribution in [1.82, 2.24) is 14.7 Å². The SMILES string of the molecule is Cc1cncn(Cc2cc(-c3ccc(F)c(O)c3)on2)c1=O. The van der Waals surface area contributed by atoms with Gasteiger partial charge in [0, 0.05) is 23.4 Å². The number of aromatic hydroxyl groups is 1. The first-order valence-corrected chi connectivity index (χ1v) is 6.50. The molecule has 2 aromatic heterocycles. The number of hydrogen-bond acceptors (Lipinski definition) is 5. The highest BCUT2D eigenvalue weighted by Gasteiger charge is 2.11. The maximum atomic E-state index is 13.0. The molecule has 112 valence electrons. The molecule has 0 aliphatic heterocycles. The minimum absolute atomic E-state index is 0.154. The summed E-state index contributed by atoms with van der Waals surface area (Å²) in [5.74, 6) is -0.797. The summed E-state index contributed by atoms with van der Waals surface area (Å²) in [4.78, 5) is 15.9. The molecule has 1 aromatic carbocycles. The van der Waals surface area contributed by atoms with E-state index in [1.54, 1.807) is 13.0 Å². The molecular formula is C15H12FN3O3. The molecule has 3 rings (SSSR count). The second-order valence-electron chi connectivity index (χ2n) is 4.86. The lowest BCUT2D eigenvalue weighted by atomic mass is 10.1. The molecule has 0 saturated carbocycles. The van der Waals surface area contributed by atoms with Gasteiger partial charge < -0.3 is 9.63 Å². The number of nitrogens with zero attached hydrogens (tertiary/aromatic N) is 3. The van der Waals surface area contributed by atoms with Crippen LogP contribution in [0, 0.1) is 12.7 Å². The van der Waals surface area contributed by atoms with Gasteiger partial charge in [0.05, 0.1) is 12.9 Å². The number of rotatable bonds is 3. The minimum atomic E-state index is -0.708. The van der Waals surface area contributed by atoms with E-state index < -0.39 is 11.6 Å². The number of phenols is 1. The molecule has 0 atom stereocenters. The maximum absolute atomic E-state index is 13.0. The molecule has 0 saturated heterocycles. The molecular weight excluding hydrogens is 289 g/mol. The van der Waals surface area contributed by atoms with E-state index in [1.807, 2.05) is 0 Å². The van der Waals surface area contributed by atoms with Crippen molar-refractivity contribution >= 4 is 0 Å². The van der Waals surface area contributed by atoms with E-state index in [-0.39, 0.29) is 12.1 Å². The van der Waals surface area contributed by atoms with Crippen molar-refractivity contribution in [2.45, 2.75) is 13.5 Å². The highest BCUT2D eigenvalue weighted by Crippen LogP contribution is 2.26. The minimum Gasteiger partial charge on any atom is -0.505 e. The summed E-state index contributed by atoms with van der Waals surface area (Å²) in [6.45, 7) is 1.89. The maximum Gasteiger partial charge on any atom is 0.256 e. The van der Waals surface area contributed by atoms with Crippen LogP contribution in [0.4, 0.5) is 4.39 Å². The van der Waals surface area contributed by atoms with Gasteiger partial charge >= 0.3 is 0 Å². The van der Waals surface area contributed by atoms with Gasteiger partial charge in [-0.15, -0.1) is 0 Å². The summed E-state index contributed by atoms with van der Waals surface area (Å²) in [6.07, 6.45) is 2.92. The lowest BCUT2D eigenvalue weighted by Crippen LogP contribution is -2.22. The van der Waals surface area contributed by atoms with Crippen molar-refractivity contribution in [2.75, 3.05) is 0 Å². The Labute approximate surface area is 124 Å². The largest absolute Gasteiger partial charge is 0.505 e. The van der Waals surface area contributed by atoms with Gasteiger partial charge in [0.1, 0.15) is 5.69 Å². The summed E-state index contributed by atoms with van der Waals surface area (Å²) in [5, 5.41) is 13.3. The van der Waals surface area contributed by atoms with Crippen LogP contribution in [0.25, 0.3) is 11.3 Å². The molecule has 0 radical (unpaired) electrons. The van der Waals surface area contributed by atoms with E-state index in [0.717, 1.165) is 6.07 Å². The zero-order valence-electron chi connectivity index (χ0n) is 11.7. The molecule has 6 nitrogen and oxygen atoms in total. The van der Waals surface area contributed by atoms with E-state index in [2.05, 4.69) is 10.1 Å². The van der Waals surface area contributed by atoms with Gasteiger partial charge in [-0.3, -0.25) is 9.36 Å². The number of benzene rings is 1. The Morgan fingerprint density at radius 1 is 1.36 bits per heavy atom. The average molecular weight is 301 g/mol. The molecule has 0 bridgehead atoms. The summed E-state index contributed by atoms with van der Waals surface area (Å²) in [5.41, 5.74) is 1.40. The summed E-state index contributed by atoms with van der Waals surface area (Å²) in [6, 6.07) is 5.49. The van der Waals surface area contributed by atoms with Crippen LogP contribution in [0.2, 0.25) is 0 Å². The van der Waals surface area contributed by atoms with Gasteiger partial charge in [-0.1, -0.05) is 5.16 Å². The van der Waals surface area contributed by atoms with Crippen molar-refractivity contribution in [2.24, 2.45) is 0 Å². The highest BCUT2D eigenvalue weighted by atomic mass is 19.1. The van der Waals surface area contributed by atoms with Crippen LogP contribution in [0.3, 0.4) is 0 Å². The summed E-state index contributed by atoms with van der Waals surface area (Å²) in [7, 11) is 0. The lowest BCUT2D eigenvalue weighted by Gasteiger charge is -2.01. The second-order valence-corrected chi connectivity index (χ2v) is 4.86. The molecule has 3 aromatic rings. The zero-order chi connectivity index (χ0) is 15.7. The van der Waals surface area contributed by atoms with E-state index >= 15 is 0 Å². The molecule has 0 spiro atoms. The molecule has 22 heavy (non-hydrogen) atoms. The van der Waals surface area contributed by atoms with Gasteiger partial charge in [-0.25, -0.2) is 9.37 Å². The van der Waals surface area contributed by atoms with Gasteiger partial charge in [0.15, 0.2) is 17.3 Å². The third-order valence-electron chi connectivity index (χ3n) is 3.19. The molecule has 0 aliphatic rings. The van der Waals surface area contributed by atoms with Crippen molar-refractivity contribution in [3.8, 4) is 17.1 Å². The van der Waals surface area contributed by atoms with E-state index in [4.69, 9.17) is 4.52 Å². The Morgan fingerprint density at radius 2 is 2.18 bits per heavy atom. The Morgan fingerprint density at radius 3 is 2.95 bits per heavy atom. The van der Waals surface area contributed by atoms with Gasteiger partial charge in [-0.2, -0.15) is 0 Å². The van der Waals surface area contributed by atoms with Crippen molar-refractivity contribution in [3.63, 3.8) is 0 Å². The number of aryl methyl sites for hydroxylation is 1. The quantitative estimate of drug-likeness (QED) is 0.801. The molecule has 0 amide bonds. The summed E-state index contributed by atoms with van der Waals surface area (Å²) < 4.78 is 19.6. The van der Waals surface area contributed by atoms with Gasteiger partial charge in [0.2, 0.25) is 0 Å². The molecule has 7 heteroatoms. The van der Waals surface area contributed by atoms with Crippen LogP contribution in [-0.4, -0.2) is 19.8 Å². The van der Waals surface area contributed by atoms with Gasteiger partial charge in [-0.05, 0) is 25.1 Å². The standard InChI is InChI=1S/C15H12FN3O3/c1-9-6-17-8-19(15(9)21)7-11-5-14(22-18-11)10-2-3-12(16)13(20)4-10/h2-6,8,20H,7H2,1H3. The monoisotopic (exact) mass is 301 g/mol. The average Bonchev–Trinajstić information content (AvgIpc) is 2.95. The summed E-state index contributed by atoms with van der Waals surface area (Å²) >= 11 is 0. The van der Waals surface area contributed by atoms with Gasteiger partial charge in [0.25, 0.3) is 5.56 Å². The van der Waals surface area contributed by atoms with Crippen molar-refractivity contribution in [3.05, 3.63) is 64.2 Å². The van der Waals surface area contributed by atoms with E-state index in [9.17, 15) is 14.3 Å². The fraction of sp³-hybridized carbons (Fsp3) is 0.133. The van der Waals surface area contributed by atoms with Crippen molar-refractivity contribution in [1.29, 1.82) is 0 Å². The van der Waals surface area contributed by atoms with Crippen LogP contribution in [0.5, 0.6) is 5.75 Å². The van der Waals surface area contributed by atoms with Crippen LogP contribution in [-0.2, 0) is 6.54 Å². The lowest BCUT2D eigenvalue weighted by molar-refractivity contribution is 0.417. The normalized spacial score (nSPS) is 10.8. The number of phenolic OH excluding ortho intramolecular Hbond substituents is 1. The Balaban J connectivity index is 1.89. The third-order valence-corrected chi connectivity index (χ3v) is 3.19. The van der Waals surface area contributed by atoms with Crippen LogP contribution in [0.1, 0.15) is 11.3 Å². The predicted molar refractivity (Wildman–Crippen MR) is 75.9 cm³/mol. The predicted octanol–water partition coefficient (Wildman–Crippen LogP) is 2.10. The number of hydrogen-bond donors (Lipinski definition) is 1. The Hall–Kier alpha value is -2.96. The smallest absolute Gasteiger partial charge is 0.256 e. The first-order chi connectivity index (χ1) is 10.5. The molecule has 2 heterocycles. The fourth-order valence-electron chi connectivity index (χ4n) is 2.04. The van der Waals surface area contributed by atoms with Crippen LogP contribution in [0.15, 0.2) is 46.1 Å². The number of halogens is 1. The molecule has 0 unspecified atom stereocenters. The molecule has 0 aliphatic carbocycles. The second kappa shape index (κ2) is 5.44. The topological polar surface area (TPSA) is 81.2 Å².